The topological polar surface area (TPSA) is 43.4 Å². The van der Waals surface area contributed by atoms with Gasteiger partial charge in [-0.15, -0.1) is 0 Å². The molecule has 0 radical (unpaired) electrons. The van der Waals surface area contributed by atoms with Crippen molar-refractivity contribution in [2.75, 3.05) is 0 Å². The van der Waals surface area contributed by atoms with Gasteiger partial charge in [0.1, 0.15) is 11.5 Å². The Morgan fingerprint density at radius 1 is 1.05 bits per heavy atom. The molecule has 0 saturated carbocycles. The zero-order valence-electron chi connectivity index (χ0n) is 11.2. The number of halogens is 1. The van der Waals surface area contributed by atoms with Crippen LogP contribution in [0.4, 0.5) is 0 Å². The summed E-state index contributed by atoms with van der Waals surface area (Å²) < 4.78 is 29.9. The van der Waals surface area contributed by atoms with Crippen LogP contribution in [0, 0.1) is 0 Å². The van der Waals surface area contributed by atoms with Crippen molar-refractivity contribution in [1.82, 2.24) is 0 Å². The first-order chi connectivity index (χ1) is 9.41. The third kappa shape index (κ3) is 3.14. The number of sulfone groups is 1. The summed E-state index contributed by atoms with van der Waals surface area (Å²) in [5.41, 5.74) is 0. The van der Waals surface area contributed by atoms with Crippen LogP contribution in [-0.2, 0) is 9.84 Å². The summed E-state index contributed by atoms with van der Waals surface area (Å²) in [6, 6.07) is 13.5. The van der Waals surface area contributed by atoms with Gasteiger partial charge in [-0.05, 0) is 44.2 Å². The maximum absolute atomic E-state index is 12.1. The van der Waals surface area contributed by atoms with Crippen LogP contribution in [0.1, 0.15) is 13.8 Å². The second kappa shape index (κ2) is 5.85. The van der Waals surface area contributed by atoms with Gasteiger partial charge in [0.2, 0.25) is 0 Å². The molecule has 2 rings (SSSR count). The molecule has 0 spiro atoms. The van der Waals surface area contributed by atoms with E-state index < -0.39 is 15.1 Å². The lowest BCUT2D eigenvalue weighted by Gasteiger charge is -2.11. The Morgan fingerprint density at radius 3 is 2.40 bits per heavy atom. The summed E-state index contributed by atoms with van der Waals surface area (Å²) in [7, 11) is -3.31. The fraction of sp³-hybridized carbons (Fsp3) is 0.200. The molecule has 0 fully saturated rings. The summed E-state index contributed by atoms with van der Waals surface area (Å²) in [4.78, 5) is 0.247. The zero-order valence-corrected chi connectivity index (χ0v) is 12.8. The van der Waals surface area contributed by atoms with Gasteiger partial charge in [0.25, 0.3) is 0 Å². The molecule has 106 valence electrons. The van der Waals surface area contributed by atoms with Crippen molar-refractivity contribution in [3.8, 4) is 11.5 Å². The van der Waals surface area contributed by atoms with Gasteiger partial charge in [-0.1, -0.05) is 29.8 Å². The Labute approximate surface area is 124 Å². The van der Waals surface area contributed by atoms with Gasteiger partial charge in [0, 0.05) is 0 Å². The molecular weight excluding hydrogens is 296 g/mol. The van der Waals surface area contributed by atoms with E-state index in [-0.39, 0.29) is 4.90 Å². The van der Waals surface area contributed by atoms with Crippen molar-refractivity contribution in [1.29, 1.82) is 0 Å². The largest absolute Gasteiger partial charge is 0.456 e. The maximum atomic E-state index is 12.1. The molecule has 2 aromatic rings. The van der Waals surface area contributed by atoms with Gasteiger partial charge in [-0.2, -0.15) is 0 Å². The van der Waals surface area contributed by atoms with Crippen LogP contribution in [0.5, 0.6) is 11.5 Å². The van der Waals surface area contributed by atoms with E-state index >= 15 is 0 Å². The normalized spacial score (nSPS) is 11.6. The minimum Gasteiger partial charge on any atom is -0.456 e. The minimum absolute atomic E-state index is 0.247. The van der Waals surface area contributed by atoms with Crippen molar-refractivity contribution in [3.05, 3.63) is 53.6 Å². The van der Waals surface area contributed by atoms with E-state index in [0.29, 0.717) is 16.5 Å². The molecule has 5 heteroatoms. The Morgan fingerprint density at radius 2 is 1.75 bits per heavy atom. The SMILES string of the molecule is CC(C)S(=O)(=O)c1cccc(Oc2ccccc2Cl)c1. The van der Waals surface area contributed by atoms with E-state index in [2.05, 4.69) is 0 Å². The zero-order chi connectivity index (χ0) is 14.8. The predicted octanol–water partition coefficient (Wildman–Crippen LogP) is 4.31. The summed E-state index contributed by atoms with van der Waals surface area (Å²) >= 11 is 6.01. The molecule has 0 N–H and O–H groups in total. The number of hydrogen-bond donors (Lipinski definition) is 0. The van der Waals surface area contributed by atoms with Crippen molar-refractivity contribution in [2.45, 2.75) is 24.0 Å². The molecule has 0 bridgehead atoms. The van der Waals surface area contributed by atoms with Crippen LogP contribution in [0.2, 0.25) is 5.02 Å². The smallest absolute Gasteiger partial charge is 0.180 e. The van der Waals surface area contributed by atoms with E-state index in [1.807, 2.05) is 0 Å². The first-order valence-corrected chi connectivity index (χ1v) is 8.10. The fourth-order valence-electron chi connectivity index (χ4n) is 1.64. The monoisotopic (exact) mass is 310 g/mol. The molecule has 0 unspecified atom stereocenters. The van der Waals surface area contributed by atoms with Crippen LogP contribution in [0.25, 0.3) is 0 Å². The van der Waals surface area contributed by atoms with Crippen LogP contribution in [-0.4, -0.2) is 13.7 Å². The Bertz CT molecular complexity index is 709. The molecule has 0 amide bonds. The van der Waals surface area contributed by atoms with Gasteiger partial charge < -0.3 is 4.74 Å². The maximum Gasteiger partial charge on any atom is 0.180 e. The molecular formula is C15H15ClO3S. The van der Waals surface area contributed by atoms with Gasteiger partial charge in [0.15, 0.2) is 9.84 Å². The number of rotatable bonds is 4. The third-order valence-corrected chi connectivity index (χ3v) is 5.28. The predicted molar refractivity (Wildman–Crippen MR) is 80.3 cm³/mol. The lowest BCUT2D eigenvalue weighted by atomic mass is 10.3. The highest BCUT2D eigenvalue weighted by Crippen LogP contribution is 2.30. The third-order valence-electron chi connectivity index (χ3n) is 2.82. The summed E-state index contributed by atoms with van der Waals surface area (Å²) in [6.45, 7) is 3.30. The van der Waals surface area contributed by atoms with Gasteiger partial charge in [-0.25, -0.2) is 8.42 Å². The average Bonchev–Trinajstić information content (AvgIpc) is 2.41. The van der Waals surface area contributed by atoms with Gasteiger partial charge in [0.05, 0.1) is 15.2 Å². The van der Waals surface area contributed by atoms with Crippen LogP contribution in [0.3, 0.4) is 0 Å². The molecule has 3 nitrogen and oxygen atoms in total. The molecule has 0 aliphatic carbocycles. The Balaban J connectivity index is 2.35. The van der Waals surface area contributed by atoms with Crippen molar-refractivity contribution in [2.24, 2.45) is 0 Å². The number of ether oxygens (including phenoxy) is 1. The van der Waals surface area contributed by atoms with E-state index in [1.165, 1.54) is 6.07 Å². The molecule has 0 aliphatic rings. The summed E-state index contributed by atoms with van der Waals surface area (Å²) in [5.74, 6) is 0.938. The highest BCUT2D eigenvalue weighted by Gasteiger charge is 2.19. The lowest BCUT2D eigenvalue weighted by molar-refractivity contribution is 0.481. The lowest BCUT2D eigenvalue weighted by Crippen LogP contribution is -2.13. The molecule has 0 atom stereocenters. The van der Waals surface area contributed by atoms with Gasteiger partial charge >= 0.3 is 0 Å². The van der Waals surface area contributed by atoms with Crippen LogP contribution in [0.15, 0.2) is 53.4 Å². The van der Waals surface area contributed by atoms with Crippen molar-refractivity contribution in [3.63, 3.8) is 0 Å². The first kappa shape index (κ1) is 14.9. The summed E-state index contributed by atoms with van der Waals surface area (Å²) in [6.07, 6.45) is 0. The van der Waals surface area contributed by atoms with Crippen LogP contribution >= 0.6 is 11.6 Å². The van der Waals surface area contributed by atoms with E-state index in [9.17, 15) is 8.42 Å². The second-order valence-corrected chi connectivity index (χ2v) is 7.51. The standard InChI is InChI=1S/C15H15ClO3S/c1-11(2)20(17,18)13-7-5-6-12(10-13)19-15-9-4-3-8-14(15)16/h3-11H,1-2H3. The Kier molecular flexibility index (Phi) is 4.35. The number of para-hydroxylation sites is 1. The molecule has 0 heterocycles. The molecule has 2 aromatic carbocycles. The van der Waals surface area contributed by atoms with E-state index in [0.717, 1.165) is 0 Å². The average molecular weight is 311 g/mol. The highest BCUT2D eigenvalue weighted by molar-refractivity contribution is 7.92. The second-order valence-electron chi connectivity index (χ2n) is 4.60. The molecule has 20 heavy (non-hydrogen) atoms. The summed E-state index contributed by atoms with van der Waals surface area (Å²) in [5, 5.41) is 0.00248. The minimum atomic E-state index is -3.31. The van der Waals surface area contributed by atoms with E-state index in [4.69, 9.17) is 16.3 Å². The van der Waals surface area contributed by atoms with E-state index in [1.54, 1.807) is 56.3 Å². The fourth-order valence-corrected chi connectivity index (χ4v) is 2.91. The molecule has 0 aromatic heterocycles. The Hall–Kier alpha value is -1.52. The molecule has 0 aliphatic heterocycles. The van der Waals surface area contributed by atoms with Crippen LogP contribution < -0.4 is 4.74 Å². The first-order valence-electron chi connectivity index (χ1n) is 6.17. The highest BCUT2D eigenvalue weighted by atomic mass is 35.5. The van der Waals surface area contributed by atoms with Gasteiger partial charge in [-0.3, -0.25) is 0 Å². The van der Waals surface area contributed by atoms with Crippen molar-refractivity contribution < 1.29 is 13.2 Å². The quantitative estimate of drug-likeness (QED) is 0.845. The number of hydrogen-bond acceptors (Lipinski definition) is 3. The van der Waals surface area contributed by atoms with Crippen molar-refractivity contribution >= 4 is 21.4 Å². The number of benzene rings is 2. The molecule has 0 saturated heterocycles.